The lowest BCUT2D eigenvalue weighted by Gasteiger charge is -2.17. The van der Waals surface area contributed by atoms with E-state index in [2.05, 4.69) is 20.9 Å². The summed E-state index contributed by atoms with van der Waals surface area (Å²) in [6.45, 7) is 2.26. The molecule has 7 heteroatoms. The summed E-state index contributed by atoms with van der Waals surface area (Å²) in [6.07, 6.45) is 3.00. The number of hydrogen-bond acceptors (Lipinski definition) is 4. The van der Waals surface area contributed by atoms with Crippen LogP contribution in [0.5, 0.6) is 0 Å². The van der Waals surface area contributed by atoms with Gasteiger partial charge in [0.05, 0.1) is 5.56 Å². The molecule has 5 nitrogen and oxygen atoms in total. The highest BCUT2D eigenvalue weighted by atomic mass is 79.9. The predicted octanol–water partition coefficient (Wildman–Crippen LogP) is 2.04. The van der Waals surface area contributed by atoms with E-state index in [-0.39, 0.29) is 17.1 Å². The zero-order chi connectivity index (χ0) is 14.0. The van der Waals surface area contributed by atoms with Crippen molar-refractivity contribution in [1.29, 1.82) is 0 Å². The monoisotopic (exact) mass is 346 g/mol. The van der Waals surface area contributed by atoms with Crippen molar-refractivity contribution >= 4 is 31.9 Å². The van der Waals surface area contributed by atoms with Crippen molar-refractivity contribution in [3.8, 4) is 0 Å². The van der Waals surface area contributed by atoms with Crippen molar-refractivity contribution in [3.63, 3.8) is 0 Å². The van der Waals surface area contributed by atoms with Crippen LogP contribution < -0.4 is 0 Å². The van der Waals surface area contributed by atoms with Crippen molar-refractivity contribution in [2.75, 3.05) is 11.9 Å². The molecule has 2 rings (SSSR count). The Kier molecular flexibility index (Phi) is 4.25. The molecule has 104 valence electrons. The van der Waals surface area contributed by atoms with E-state index in [0.717, 1.165) is 16.1 Å². The van der Waals surface area contributed by atoms with Gasteiger partial charge in [0, 0.05) is 18.1 Å². The van der Waals surface area contributed by atoms with Gasteiger partial charge in [-0.25, -0.2) is 9.29 Å². The Morgan fingerprint density at radius 3 is 2.79 bits per heavy atom. The van der Waals surface area contributed by atoms with E-state index in [0.29, 0.717) is 12.3 Å². The number of aromatic nitrogens is 1. The van der Waals surface area contributed by atoms with Gasteiger partial charge in [0.1, 0.15) is 0 Å². The number of pyridine rings is 1. The van der Waals surface area contributed by atoms with Gasteiger partial charge < -0.3 is 0 Å². The number of alkyl halides is 1. The van der Waals surface area contributed by atoms with Crippen LogP contribution in [0.1, 0.15) is 30.1 Å². The maximum absolute atomic E-state index is 12.2. The third-order valence-electron chi connectivity index (χ3n) is 3.19. The van der Waals surface area contributed by atoms with Crippen molar-refractivity contribution in [2.24, 2.45) is 5.92 Å². The highest BCUT2D eigenvalue weighted by Crippen LogP contribution is 2.28. The minimum atomic E-state index is -3.75. The Hall–Kier alpha value is -0.950. The molecule has 19 heavy (non-hydrogen) atoms. The summed E-state index contributed by atoms with van der Waals surface area (Å²) in [5.41, 5.74) is 0.177. The quantitative estimate of drug-likeness (QED) is 0.765. The largest absolute Gasteiger partial charge is 0.285 e. The van der Waals surface area contributed by atoms with Crippen LogP contribution in [0.3, 0.4) is 0 Å². The molecule has 1 unspecified atom stereocenters. The minimum Gasteiger partial charge on any atom is -0.268 e. The van der Waals surface area contributed by atoms with Crippen LogP contribution in [0, 0.1) is 5.92 Å². The fourth-order valence-electron chi connectivity index (χ4n) is 2.00. The van der Waals surface area contributed by atoms with Crippen LogP contribution in [-0.2, 0) is 10.0 Å². The average molecular weight is 347 g/mol. The molecule has 1 amide bonds. The van der Waals surface area contributed by atoms with Crippen LogP contribution in [0.15, 0.2) is 23.4 Å². The van der Waals surface area contributed by atoms with Crippen LogP contribution in [0.4, 0.5) is 0 Å². The van der Waals surface area contributed by atoms with Gasteiger partial charge in [-0.2, -0.15) is 8.42 Å². The Morgan fingerprint density at radius 1 is 1.42 bits per heavy atom. The first-order valence-electron chi connectivity index (χ1n) is 6.06. The van der Waals surface area contributed by atoms with Gasteiger partial charge >= 0.3 is 0 Å². The molecule has 0 saturated carbocycles. The molecule has 0 saturated heterocycles. The second-order valence-corrected chi connectivity index (χ2v) is 7.18. The molecule has 1 aromatic heterocycles. The Morgan fingerprint density at radius 2 is 2.16 bits per heavy atom. The molecule has 1 aromatic rings. The van der Waals surface area contributed by atoms with Gasteiger partial charge in [-0.1, -0.05) is 22.9 Å². The second-order valence-electron chi connectivity index (χ2n) is 4.61. The zero-order valence-electron chi connectivity index (χ0n) is 10.5. The van der Waals surface area contributed by atoms with Crippen LogP contribution in [0.2, 0.25) is 0 Å². The summed E-state index contributed by atoms with van der Waals surface area (Å²) >= 11 is 3.35. The first-order chi connectivity index (χ1) is 8.98. The molecule has 0 bridgehead atoms. The third-order valence-corrected chi connectivity index (χ3v) is 5.39. The summed E-state index contributed by atoms with van der Waals surface area (Å²) in [5.74, 6) is -0.104. The SMILES string of the molecule is CC(CCBr)CCN1C(=O)c2cccnc2S1(=O)=O. The number of rotatable bonds is 5. The fraction of sp³-hybridized carbons (Fsp3) is 0.500. The normalized spacial score (nSPS) is 18.4. The summed E-state index contributed by atoms with van der Waals surface area (Å²) in [5, 5.41) is 0.754. The van der Waals surface area contributed by atoms with Gasteiger partial charge in [0.15, 0.2) is 5.03 Å². The number of hydrogen-bond donors (Lipinski definition) is 0. The summed E-state index contributed by atoms with van der Waals surface area (Å²) in [7, 11) is -3.75. The van der Waals surface area contributed by atoms with Gasteiger partial charge in [-0.05, 0) is 30.9 Å². The van der Waals surface area contributed by atoms with E-state index in [4.69, 9.17) is 0 Å². The molecule has 0 radical (unpaired) electrons. The van der Waals surface area contributed by atoms with E-state index in [1.54, 1.807) is 6.07 Å². The lowest BCUT2D eigenvalue weighted by atomic mass is 10.1. The molecule has 0 aliphatic carbocycles. The zero-order valence-corrected chi connectivity index (χ0v) is 12.9. The van der Waals surface area contributed by atoms with Gasteiger partial charge in [0.2, 0.25) is 0 Å². The number of nitrogens with zero attached hydrogens (tertiary/aromatic N) is 2. The van der Waals surface area contributed by atoms with E-state index in [9.17, 15) is 13.2 Å². The summed E-state index contributed by atoms with van der Waals surface area (Å²) in [6, 6.07) is 3.08. The highest BCUT2D eigenvalue weighted by Gasteiger charge is 2.41. The first kappa shape index (κ1) is 14.5. The molecular formula is C12H15BrN2O3S. The Balaban J connectivity index is 2.19. The van der Waals surface area contributed by atoms with Crippen LogP contribution >= 0.6 is 15.9 Å². The summed E-state index contributed by atoms with van der Waals surface area (Å²) < 4.78 is 25.3. The Bertz CT molecular complexity index is 588. The second kappa shape index (κ2) is 5.58. The van der Waals surface area contributed by atoms with Crippen LogP contribution in [-0.4, -0.2) is 35.5 Å². The molecular weight excluding hydrogens is 332 g/mol. The maximum Gasteiger partial charge on any atom is 0.285 e. The maximum atomic E-state index is 12.2. The number of sulfonamides is 1. The summed E-state index contributed by atoms with van der Waals surface area (Å²) in [4.78, 5) is 15.9. The van der Waals surface area contributed by atoms with E-state index in [1.807, 2.05) is 6.92 Å². The van der Waals surface area contributed by atoms with E-state index < -0.39 is 15.9 Å². The Labute approximate surface area is 121 Å². The van der Waals surface area contributed by atoms with Gasteiger partial charge in [0.25, 0.3) is 15.9 Å². The van der Waals surface area contributed by atoms with E-state index in [1.165, 1.54) is 12.3 Å². The number of carbonyl (C=O) groups is 1. The highest BCUT2D eigenvalue weighted by molar-refractivity contribution is 9.09. The molecule has 2 heterocycles. The standard InChI is InChI=1S/C12H15BrN2O3S/c1-9(4-6-13)5-8-15-12(16)10-3-2-7-14-11(10)19(15,17)18/h2-3,7,9H,4-6,8H2,1H3. The van der Waals surface area contributed by atoms with Crippen molar-refractivity contribution in [3.05, 3.63) is 23.9 Å². The number of halogens is 1. The lowest BCUT2D eigenvalue weighted by molar-refractivity contribution is 0.0866. The van der Waals surface area contributed by atoms with Gasteiger partial charge in [-0.3, -0.25) is 4.79 Å². The first-order valence-corrected chi connectivity index (χ1v) is 8.62. The molecule has 0 spiro atoms. The van der Waals surface area contributed by atoms with Gasteiger partial charge in [-0.15, -0.1) is 0 Å². The molecule has 0 N–H and O–H groups in total. The molecule has 1 aliphatic rings. The average Bonchev–Trinajstić information content (AvgIpc) is 2.57. The molecule has 1 atom stereocenters. The molecule has 0 fully saturated rings. The predicted molar refractivity (Wildman–Crippen MR) is 74.7 cm³/mol. The van der Waals surface area contributed by atoms with Crippen molar-refractivity contribution < 1.29 is 13.2 Å². The van der Waals surface area contributed by atoms with Crippen molar-refractivity contribution in [1.82, 2.24) is 9.29 Å². The fourth-order valence-corrected chi connectivity index (χ4v) is 4.28. The third kappa shape index (κ3) is 2.67. The molecule has 1 aliphatic heterocycles. The van der Waals surface area contributed by atoms with E-state index >= 15 is 0 Å². The van der Waals surface area contributed by atoms with Crippen LogP contribution in [0.25, 0.3) is 0 Å². The number of fused-ring (bicyclic) bond motifs is 1. The smallest absolute Gasteiger partial charge is 0.268 e. The topological polar surface area (TPSA) is 67.3 Å². The number of amides is 1. The lowest BCUT2D eigenvalue weighted by Crippen LogP contribution is -2.32. The molecule has 0 aromatic carbocycles. The number of carbonyl (C=O) groups excluding carboxylic acids is 1. The van der Waals surface area contributed by atoms with Crippen molar-refractivity contribution in [2.45, 2.75) is 24.8 Å². The minimum absolute atomic E-state index is 0.117.